The third-order valence-corrected chi connectivity index (χ3v) is 4.44. The number of benzene rings is 1. The molecular formula is C15H18BrClN2O2. The first-order chi connectivity index (χ1) is 10.1. The molecule has 0 amide bonds. The van der Waals surface area contributed by atoms with Gasteiger partial charge in [0, 0.05) is 12.6 Å². The maximum Gasteiger partial charge on any atom is 0.166 e. The molecule has 1 aromatic heterocycles. The summed E-state index contributed by atoms with van der Waals surface area (Å²) < 4.78 is 14.4. The summed E-state index contributed by atoms with van der Waals surface area (Å²) in [5.74, 6) is 1.78. The summed E-state index contributed by atoms with van der Waals surface area (Å²) in [6.07, 6.45) is 0. The molecule has 0 unspecified atom stereocenters. The van der Waals surface area contributed by atoms with Crippen LogP contribution in [0.3, 0.4) is 0 Å². The largest absolute Gasteiger partial charge is 0.490 e. The highest BCUT2D eigenvalue weighted by Crippen LogP contribution is 2.33. The number of hydrogen-bond acceptors (Lipinski definition) is 3. The third-order valence-electron chi connectivity index (χ3n) is 3.12. The molecule has 21 heavy (non-hydrogen) atoms. The molecule has 0 saturated carbocycles. The van der Waals surface area contributed by atoms with Gasteiger partial charge in [0.15, 0.2) is 11.5 Å². The van der Waals surface area contributed by atoms with Gasteiger partial charge in [-0.3, -0.25) is 4.68 Å². The molecule has 1 aromatic carbocycles. The maximum absolute atomic E-state index is 5.99. The summed E-state index contributed by atoms with van der Waals surface area (Å²) in [5, 5.41) is 4.36. The zero-order valence-corrected chi connectivity index (χ0v) is 14.7. The van der Waals surface area contributed by atoms with Crippen LogP contribution in [0.1, 0.15) is 23.9 Å². The van der Waals surface area contributed by atoms with Crippen LogP contribution in [0.4, 0.5) is 0 Å². The number of para-hydroxylation sites is 1. The SMILES string of the molecule is CCOc1cccc(CCl)c1OCc1c(Br)c(C)nn1C. The predicted octanol–water partition coefficient (Wildman–Crippen LogP) is 4.21. The number of halogens is 2. The highest BCUT2D eigenvalue weighted by molar-refractivity contribution is 9.10. The minimum absolute atomic E-state index is 0.377. The van der Waals surface area contributed by atoms with Crippen molar-refractivity contribution in [1.82, 2.24) is 9.78 Å². The molecule has 2 rings (SSSR count). The van der Waals surface area contributed by atoms with Crippen molar-refractivity contribution >= 4 is 27.5 Å². The third kappa shape index (κ3) is 3.52. The Kier molecular flexibility index (Phi) is 5.53. The van der Waals surface area contributed by atoms with Crippen LogP contribution in [0.15, 0.2) is 22.7 Å². The van der Waals surface area contributed by atoms with Gasteiger partial charge in [-0.15, -0.1) is 11.6 Å². The molecule has 2 aromatic rings. The van der Waals surface area contributed by atoms with Crippen molar-refractivity contribution in [2.45, 2.75) is 26.3 Å². The summed E-state index contributed by atoms with van der Waals surface area (Å²) in [4.78, 5) is 0. The van der Waals surface area contributed by atoms with E-state index < -0.39 is 0 Å². The number of aromatic nitrogens is 2. The van der Waals surface area contributed by atoms with Crippen molar-refractivity contribution in [1.29, 1.82) is 0 Å². The van der Waals surface area contributed by atoms with Gasteiger partial charge in [-0.1, -0.05) is 12.1 Å². The van der Waals surface area contributed by atoms with Gasteiger partial charge in [-0.2, -0.15) is 5.10 Å². The van der Waals surface area contributed by atoms with E-state index in [1.807, 2.05) is 43.8 Å². The molecule has 0 radical (unpaired) electrons. The maximum atomic E-state index is 5.99. The van der Waals surface area contributed by atoms with Crippen molar-refractivity contribution in [3.8, 4) is 11.5 Å². The summed E-state index contributed by atoms with van der Waals surface area (Å²) in [7, 11) is 1.90. The Bertz CT molecular complexity index is 628. The van der Waals surface area contributed by atoms with Crippen LogP contribution < -0.4 is 9.47 Å². The Labute approximate surface area is 138 Å². The average Bonchev–Trinajstić information content (AvgIpc) is 2.71. The van der Waals surface area contributed by atoms with Crippen molar-refractivity contribution in [3.63, 3.8) is 0 Å². The fourth-order valence-electron chi connectivity index (χ4n) is 2.08. The zero-order valence-electron chi connectivity index (χ0n) is 12.3. The van der Waals surface area contributed by atoms with Crippen molar-refractivity contribution in [2.75, 3.05) is 6.61 Å². The number of alkyl halides is 1. The second-order valence-electron chi connectivity index (χ2n) is 4.57. The molecule has 0 aliphatic heterocycles. The molecule has 1 heterocycles. The summed E-state index contributed by atoms with van der Waals surface area (Å²) in [6.45, 7) is 4.87. The van der Waals surface area contributed by atoms with Crippen LogP contribution in [0.25, 0.3) is 0 Å². The second-order valence-corrected chi connectivity index (χ2v) is 5.63. The smallest absolute Gasteiger partial charge is 0.166 e. The number of aryl methyl sites for hydroxylation is 2. The zero-order chi connectivity index (χ0) is 15.4. The number of ether oxygens (including phenoxy) is 2. The van der Waals surface area contributed by atoms with Crippen LogP contribution in [-0.2, 0) is 19.5 Å². The van der Waals surface area contributed by atoms with Crippen molar-refractivity contribution in [2.24, 2.45) is 7.05 Å². The lowest BCUT2D eigenvalue weighted by atomic mass is 10.2. The lowest BCUT2D eigenvalue weighted by Gasteiger charge is -2.15. The first-order valence-electron chi connectivity index (χ1n) is 6.69. The molecule has 0 bridgehead atoms. The average molecular weight is 374 g/mol. The highest BCUT2D eigenvalue weighted by atomic mass is 79.9. The van der Waals surface area contributed by atoms with E-state index in [9.17, 15) is 0 Å². The fourth-order valence-corrected chi connectivity index (χ4v) is 2.74. The molecule has 0 aliphatic rings. The highest BCUT2D eigenvalue weighted by Gasteiger charge is 2.15. The van der Waals surface area contributed by atoms with Gasteiger partial charge < -0.3 is 9.47 Å². The van der Waals surface area contributed by atoms with E-state index in [0.717, 1.165) is 21.4 Å². The molecule has 6 heteroatoms. The van der Waals surface area contributed by atoms with E-state index in [1.165, 1.54) is 0 Å². The van der Waals surface area contributed by atoms with Gasteiger partial charge in [0.1, 0.15) is 6.61 Å². The molecule has 0 spiro atoms. The van der Waals surface area contributed by atoms with E-state index >= 15 is 0 Å². The van der Waals surface area contributed by atoms with Gasteiger partial charge >= 0.3 is 0 Å². The number of hydrogen-bond donors (Lipinski definition) is 0. The minimum Gasteiger partial charge on any atom is -0.490 e. The Morgan fingerprint density at radius 1 is 1.33 bits per heavy atom. The van der Waals surface area contributed by atoms with Crippen LogP contribution in [0.5, 0.6) is 11.5 Å². The number of rotatable bonds is 6. The van der Waals surface area contributed by atoms with Crippen LogP contribution in [-0.4, -0.2) is 16.4 Å². The first kappa shape index (κ1) is 16.2. The van der Waals surface area contributed by atoms with E-state index in [1.54, 1.807) is 0 Å². The fraction of sp³-hybridized carbons (Fsp3) is 0.400. The van der Waals surface area contributed by atoms with E-state index in [2.05, 4.69) is 21.0 Å². The van der Waals surface area contributed by atoms with Gasteiger partial charge in [0.05, 0.1) is 28.3 Å². The van der Waals surface area contributed by atoms with Gasteiger partial charge in [0.2, 0.25) is 0 Å². The normalized spacial score (nSPS) is 10.7. The van der Waals surface area contributed by atoms with Crippen molar-refractivity contribution < 1.29 is 9.47 Å². The lowest BCUT2D eigenvalue weighted by molar-refractivity contribution is 0.260. The molecule has 114 valence electrons. The summed E-state index contributed by atoms with van der Waals surface area (Å²) in [6, 6.07) is 5.74. The Morgan fingerprint density at radius 2 is 2.10 bits per heavy atom. The molecular weight excluding hydrogens is 356 g/mol. The van der Waals surface area contributed by atoms with Gasteiger partial charge in [-0.05, 0) is 35.8 Å². The lowest BCUT2D eigenvalue weighted by Crippen LogP contribution is -2.06. The Morgan fingerprint density at radius 3 is 2.67 bits per heavy atom. The quantitative estimate of drug-likeness (QED) is 0.712. The molecule has 0 saturated heterocycles. The van der Waals surface area contributed by atoms with Gasteiger partial charge in [0.25, 0.3) is 0 Å². The molecule has 0 fully saturated rings. The number of nitrogens with zero attached hydrogens (tertiary/aromatic N) is 2. The second kappa shape index (κ2) is 7.18. The molecule has 4 nitrogen and oxygen atoms in total. The topological polar surface area (TPSA) is 36.3 Å². The van der Waals surface area contributed by atoms with Crippen LogP contribution in [0.2, 0.25) is 0 Å². The monoisotopic (exact) mass is 372 g/mol. The van der Waals surface area contributed by atoms with E-state index in [0.29, 0.717) is 30.6 Å². The Balaban J connectivity index is 2.26. The standard InChI is InChI=1S/C15H18BrClN2O2/c1-4-20-13-7-5-6-11(8-17)15(13)21-9-12-14(16)10(2)18-19(12)3/h5-7H,4,8-9H2,1-3H3. The molecule has 0 atom stereocenters. The van der Waals surface area contributed by atoms with E-state index in [4.69, 9.17) is 21.1 Å². The first-order valence-corrected chi connectivity index (χ1v) is 8.02. The minimum atomic E-state index is 0.377. The van der Waals surface area contributed by atoms with Gasteiger partial charge in [-0.25, -0.2) is 0 Å². The molecule has 0 N–H and O–H groups in total. The van der Waals surface area contributed by atoms with Crippen LogP contribution in [0, 0.1) is 6.92 Å². The molecule has 0 aliphatic carbocycles. The summed E-state index contributed by atoms with van der Waals surface area (Å²) in [5.41, 5.74) is 2.82. The predicted molar refractivity (Wildman–Crippen MR) is 87.1 cm³/mol. The summed E-state index contributed by atoms with van der Waals surface area (Å²) >= 11 is 9.53. The van der Waals surface area contributed by atoms with Crippen LogP contribution >= 0.6 is 27.5 Å². The van der Waals surface area contributed by atoms with Crippen molar-refractivity contribution in [3.05, 3.63) is 39.6 Å². The Hall–Kier alpha value is -1.20. The van der Waals surface area contributed by atoms with E-state index in [-0.39, 0.29) is 0 Å².